The number of hydrogen-bond donors (Lipinski definition) is 0. The molecule has 1 aromatic carbocycles. The summed E-state index contributed by atoms with van der Waals surface area (Å²) in [7, 11) is -1.39. The quantitative estimate of drug-likeness (QED) is 0.627. The van der Waals surface area contributed by atoms with Crippen LogP contribution in [0.15, 0.2) is 47.6 Å². The van der Waals surface area contributed by atoms with E-state index >= 15 is 0 Å². The lowest BCUT2D eigenvalue weighted by Crippen LogP contribution is -2.31. The Bertz CT molecular complexity index is 644. The van der Waals surface area contributed by atoms with Crippen LogP contribution in [-0.2, 0) is 16.6 Å². The lowest BCUT2D eigenvalue weighted by Gasteiger charge is -2.04. The van der Waals surface area contributed by atoms with Crippen LogP contribution in [0.2, 0.25) is 0 Å². The molecule has 3 rings (SSSR count). The summed E-state index contributed by atoms with van der Waals surface area (Å²) < 4.78 is 23.3. The molecular weight excluding hydrogens is 266 g/mol. The number of ether oxygens (including phenoxy) is 2. The van der Waals surface area contributed by atoms with Gasteiger partial charge in [0.25, 0.3) is 5.03 Å². The van der Waals surface area contributed by atoms with E-state index in [2.05, 4.69) is 0 Å². The molecule has 5 nitrogen and oxygen atoms in total. The van der Waals surface area contributed by atoms with E-state index in [9.17, 15) is 9.42 Å². The summed E-state index contributed by atoms with van der Waals surface area (Å²) in [4.78, 5) is 0. The molecule has 1 aliphatic rings. The van der Waals surface area contributed by atoms with Crippen molar-refractivity contribution < 1.29 is 18.4 Å². The molecule has 0 amide bonds. The first-order chi connectivity index (χ1) is 9.24. The van der Waals surface area contributed by atoms with Crippen molar-refractivity contribution in [2.45, 2.75) is 10.8 Å². The Morgan fingerprint density at radius 2 is 2.05 bits per heavy atom. The molecule has 2 heterocycles. The van der Waals surface area contributed by atoms with E-state index < -0.39 is 10.8 Å². The third-order valence-electron chi connectivity index (χ3n) is 2.76. The summed E-state index contributed by atoms with van der Waals surface area (Å²) in [6, 6.07) is 10.3. The molecule has 0 radical (unpaired) electrons. The van der Waals surface area contributed by atoms with Crippen LogP contribution in [0.3, 0.4) is 0 Å². The van der Waals surface area contributed by atoms with Crippen LogP contribution >= 0.6 is 0 Å². The molecule has 19 heavy (non-hydrogen) atoms. The van der Waals surface area contributed by atoms with Crippen molar-refractivity contribution in [3.63, 3.8) is 0 Å². The van der Waals surface area contributed by atoms with Crippen molar-refractivity contribution in [3.05, 3.63) is 53.4 Å². The first kappa shape index (κ1) is 12.0. The molecule has 2 aromatic rings. The smallest absolute Gasteiger partial charge is 0.281 e. The minimum Gasteiger partial charge on any atom is -0.618 e. The van der Waals surface area contributed by atoms with Crippen molar-refractivity contribution in [1.29, 1.82) is 0 Å². The second-order valence-electron chi connectivity index (χ2n) is 4.04. The Kier molecular flexibility index (Phi) is 3.08. The maximum atomic E-state index is 12.2. The van der Waals surface area contributed by atoms with Gasteiger partial charge in [0.05, 0.1) is 5.75 Å². The van der Waals surface area contributed by atoms with Gasteiger partial charge < -0.3 is 14.7 Å². The molecule has 0 spiro atoms. The second-order valence-corrected chi connectivity index (χ2v) is 5.44. The monoisotopic (exact) mass is 277 g/mol. The van der Waals surface area contributed by atoms with Gasteiger partial charge in [-0.05, 0) is 23.8 Å². The van der Waals surface area contributed by atoms with Crippen LogP contribution in [-0.4, -0.2) is 11.0 Å². The zero-order chi connectivity index (χ0) is 13.2. The van der Waals surface area contributed by atoms with Gasteiger partial charge in [0, 0.05) is 12.1 Å². The van der Waals surface area contributed by atoms with Gasteiger partial charge in [-0.15, -0.1) is 0 Å². The summed E-state index contributed by atoms with van der Waals surface area (Å²) in [5.74, 6) is 1.61. The van der Waals surface area contributed by atoms with Gasteiger partial charge in [-0.25, -0.2) is 4.21 Å². The third kappa shape index (κ3) is 2.39. The number of benzene rings is 1. The Labute approximate surface area is 112 Å². The van der Waals surface area contributed by atoms with Gasteiger partial charge in [-0.2, -0.15) is 4.73 Å². The summed E-state index contributed by atoms with van der Waals surface area (Å²) in [5, 5.41) is 11.8. The number of nitrogens with zero attached hydrogens (tertiary/aromatic N) is 1. The van der Waals surface area contributed by atoms with Crippen molar-refractivity contribution in [1.82, 2.24) is 0 Å². The molecule has 0 bridgehead atoms. The highest BCUT2D eigenvalue weighted by Crippen LogP contribution is 2.32. The zero-order valence-corrected chi connectivity index (χ0v) is 10.8. The van der Waals surface area contributed by atoms with Gasteiger partial charge in [-0.1, -0.05) is 6.07 Å². The summed E-state index contributed by atoms with van der Waals surface area (Å²) >= 11 is 0. The Hall–Kier alpha value is -2.08. The summed E-state index contributed by atoms with van der Waals surface area (Å²) in [6.45, 7) is 0.209. The summed E-state index contributed by atoms with van der Waals surface area (Å²) in [5.41, 5.74) is 0.839. The van der Waals surface area contributed by atoms with Gasteiger partial charge in [0.15, 0.2) is 17.7 Å². The fourth-order valence-electron chi connectivity index (χ4n) is 1.84. The lowest BCUT2D eigenvalue weighted by atomic mass is 10.2. The molecule has 1 aromatic heterocycles. The minimum atomic E-state index is -1.39. The van der Waals surface area contributed by atoms with E-state index in [0.29, 0.717) is 16.2 Å². The van der Waals surface area contributed by atoms with Gasteiger partial charge in [0.2, 0.25) is 6.79 Å². The third-order valence-corrected chi connectivity index (χ3v) is 4.13. The van der Waals surface area contributed by atoms with Crippen LogP contribution in [0.25, 0.3) is 0 Å². The molecule has 0 fully saturated rings. The number of fused-ring (bicyclic) bond motifs is 1. The van der Waals surface area contributed by atoms with E-state index in [1.807, 2.05) is 6.07 Å². The first-order valence-electron chi connectivity index (χ1n) is 5.69. The first-order valence-corrected chi connectivity index (χ1v) is 7.01. The van der Waals surface area contributed by atoms with Crippen LogP contribution in [0.1, 0.15) is 5.56 Å². The molecular formula is C13H11NO4S. The lowest BCUT2D eigenvalue weighted by molar-refractivity contribution is -0.646. The van der Waals surface area contributed by atoms with Crippen molar-refractivity contribution in [3.8, 4) is 11.5 Å². The molecule has 1 aliphatic heterocycles. The molecule has 0 saturated heterocycles. The standard InChI is InChI=1S/C13H11NO4S/c15-14-6-2-1-3-13(14)19(16)8-10-4-5-11-12(7-10)18-9-17-11/h1-7H,8-9H2. The van der Waals surface area contributed by atoms with E-state index in [-0.39, 0.29) is 17.6 Å². The molecule has 0 saturated carbocycles. The Morgan fingerprint density at radius 1 is 1.21 bits per heavy atom. The normalized spacial score (nSPS) is 14.3. The highest BCUT2D eigenvalue weighted by molar-refractivity contribution is 7.84. The van der Waals surface area contributed by atoms with Gasteiger partial charge >= 0.3 is 0 Å². The average Bonchev–Trinajstić information content (AvgIpc) is 2.86. The molecule has 0 N–H and O–H groups in total. The highest BCUT2D eigenvalue weighted by Gasteiger charge is 2.17. The highest BCUT2D eigenvalue weighted by atomic mass is 32.2. The van der Waals surface area contributed by atoms with Gasteiger partial charge in [0.1, 0.15) is 10.8 Å². The maximum absolute atomic E-state index is 12.2. The Morgan fingerprint density at radius 3 is 2.89 bits per heavy atom. The predicted octanol–water partition coefficient (Wildman–Crippen LogP) is 1.36. The van der Waals surface area contributed by atoms with Crippen molar-refractivity contribution in [2.75, 3.05) is 6.79 Å². The number of pyridine rings is 1. The topological polar surface area (TPSA) is 62.5 Å². The molecule has 0 aliphatic carbocycles. The molecule has 1 unspecified atom stereocenters. The van der Waals surface area contributed by atoms with E-state index in [1.165, 1.54) is 6.20 Å². The number of aromatic nitrogens is 1. The maximum Gasteiger partial charge on any atom is 0.281 e. The number of rotatable bonds is 3. The van der Waals surface area contributed by atoms with Crippen LogP contribution < -0.4 is 14.2 Å². The van der Waals surface area contributed by atoms with Crippen LogP contribution in [0, 0.1) is 5.21 Å². The molecule has 1 atom stereocenters. The van der Waals surface area contributed by atoms with Crippen LogP contribution in [0.4, 0.5) is 0 Å². The number of hydrogen-bond acceptors (Lipinski definition) is 4. The largest absolute Gasteiger partial charge is 0.618 e. The van der Waals surface area contributed by atoms with Gasteiger partial charge in [-0.3, -0.25) is 0 Å². The van der Waals surface area contributed by atoms with E-state index in [4.69, 9.17) is 9.47 Å². The average molecular weight is 277 g/mol. The fourth-order valence-corrected chi connectivity index (χ4v) is 2.97. The van der Waals surface area contributed by atoms with E-state index in [0.717, 1.165) is 5.56 Å². The zero-order valence-electron chi connectivity index (χ0n) is 9.94. The fraction of sp³-hybridized carbons (Fsp3) is 0.154. The van der Waals surface area contributed by atoms with Crippen molar-refractivity contribution in [2.24, 2.45) is 0 Å². The van der Waals surface area contributed by atoms with E-state index in [1.54, 1.807) is 30.3 Å². The molecule has 98 valence electrons. The second kappa shape index (κ2) is 4.89. The minimum absolute atomic E-state index is 0.209. The summed E-state index contributed by atoms with van der Waals surface area (Å²) in [6.07, 6.45) is 1.34. The predicted molar refractivity (Wildman–Crippen MR) is 68.1 cm³/mol. The SMILES string of the molecule is O=S(Cc1ccc2c(c1)OCO2)c1cccc[n+]1[O-]. The van der Waals surface area contributed by atoms with Crippen LogP contribution in [0.5, 0.6) is 11.5 Å². The van der Waals surface area contributed by atoms with Crippen molar-refractivity contribution >= 4 is 10.8 Å². The molecule has 6 heteroatoms. The Balaban J connectivity index is 1.82.